The van der Waals surface area contributed by atoms with Gasteiger partial charge < -0.3 is 4.74 Å². The molecule has 0 saturated heterocycles. The number of rotatable bonds is 1. The van der Waals surface area contributed by atoms with Crippen molar-refractivity contribution in [3.63, 3.8) is 0 Å². The number of halogens is 1. The van der Waals surface area contributed by atoms with E-state index in [2.05, 4.69) is 4.74 Å². The predicted molar refractivity (Wildman–Crippen MR) is 48.6 cm³/mol. The Morgan fingerprint density at radius 2 is 2.31 bits per heavy atom. The molecule has 1 aliphatic carbocycles. The molecule has 4 heteroatoms. The van der Waals surface area contributed by atoms with Crippen LogP contribution in [-0.4, -0.2) is 23.7 Å². The Labute approximate surface area is 82.4 Å². The summed E-state index contributed by atoms with van der Waals surface area (Å²) in [5.41, 5.74) is 0. The minimum Gasteiger partial charge on any atom is -0.467 e. The van der Waals surface area contributed by atoms with Crippen molar-refractivity contribution in [2.45, 2.75) is 31.1 Å². The number of carbonyl (C=O) groups is 2. The maximum atomic E-state index is 11.6. The van der Waals surface area contributed by atoms with Crippen molar-refractivity contribution < 1.29 is 14.3 Å². The molecule has 0 amide bonds. The zero-order chi connectivity index (χ0) is 10.1. The first-order valence-corrected chi connectivity index (χ1v) is 4.72. The number of hydrogen-bond acceptors (Lipinski definition) is 3. The molecule has 0 radical (unpaired) electrons. The fourth-order valence-electron chi connectivity index (χ4n) is 1.66. The molecule has 0 spiro atoms. The number of alkyl halides is 1. The highest BCUT2D eigenvalue weighted by molar-refractivity contribution is 6.46. The van der Waals surface area contributed by atoms with Crippen LogP contribution < -0.4 is 0 Å². The standard InChI is InChI=1S/C9H13ClO3/c1-6-4-3-5-9(10,7(6)11)8(12)13-2/h6H,3-5H2,1-2H3. The van der Waals surface area contributed by atoms with Crippen molar-refractivity contribution in [3.8, 4) is 0 Å². The van der Waals surface area contributed by atoms with Crippen LogP contribution in [0.2, 0.25) is 0 Å². The van der Waals surface area contributed by atoms with Crippen molar-refractivity contribution >= 4 is 23.4 Å². The van der Waals surface area contributed by atoms with E-state index < -0.39 is 10.8 Å². The zero-order valence-corrected chi connectivity index (χ0v) is 8.56. The Morgan fingerprint density at radius 1 is 1.69 bits per heavy atom. The molecule has 0 aromatic rings. The second-order valence-electron chi connectivity index (χ2n) is 3.45. The van der Waals surface area contributed by atoms with E-state index in [9.17, 15) is 9.59 Å². The van der Waals surface area contributed by atoms with Gasteiger partial charge in [0.1, 0.15) is 0 Å². The summed E-state index contributed by atoms with van der Waals surface area (Å²) in [5.74, 6) is -0.955. The second kappa shape index (κ2) is 3.66. The lowest BCUT2D eigenvalue weighted by molar-refractivity contribution is -0.149. The third kappa shape index (κ3) is 1.70. The Balaban J connectivity index is 2.87. The molecule has 0 bridgehead atoms. The maximum Gasteiger partial charge on any atom is 0.334 e. The van der Waals surface area contributed by atoms with Crippen LogP contribution in [0.3, 0.4) is 0 Å². The molecule has 1 aliphatic rings. The number of esters is 1. The van der Waals surface area contributed by atoms with Gasteiger partial charge in [-0.3, -0.25) is 4.79 Å². The summed E-state index contributed by atoms with van der Waals surface area (Å²) < 4.78 is 4.52. The highest BCUT2D eigenvalue weighted by Gasteiger charge is 2.48. The molecular formula is C9H13ClO3. The van der Waals surface area contributed by atoms with Gasteiger partial charge in [0.2, 0.25) is 0 Å². The zero-order valence-electron chi connectivity index (χ0n) is 7.80. The SMILES string of the molecule is COC(=O)C1(Cl)CCCC(C)C1=O. The number of Topliss-reactive ketones (excluding diaryl/α,β-unsaturated/α-hetero) is 1. The minimum absolute atomic E-state index is 0.134. The molecule has 0 aliphatic heterocycles. The van der Waals surface area contributed by atoms with E-state index in [1.165, 1.54) is 7.11 Å². The number of methoxy groups -OCH3 is 1. The fraction of sp³-hybridized carbons (Fsp3) is 0.778. The Kier molecular flexibility index (Phi) is 2.96. The number of hydrogen-bond donors (Lipinski definition) is 0. The Bertz CT molecular complexity index is 239. The summed E-state index contributed by atoms with van der Waals surface area (Å²) in [6.45, 7) is 1.79. The molecule has 1 fully saturated rings. The number of carbonyl (C=O) groups excluding carboxylic acids is 2. The van der Waals surface area contributed by atoms with Crippen LogP contribution in [0.1, 0.15) is 26.2 Å². The fourth-order valence-corrected chi connectivity index (χ4v) is 2.06. The van der Waals surface area contributed by atoms with Crippen molar-refractivity contribution in [3.05, 3.63) is 0 Å². The van der Waals surface area contributed by atoms with E-state index in [0.29, 0.717) is 6.42 Å². The average Bonchev–Trinajstić information content (AvgIpc) is 2.13. The summed E-state index contributed by atoms with van der Waals surface area (Å²) in [7, 11) is 1.25. The van der Waals surface area contributed by atoms with Crippen LogP contribution >= 0.6 is 11.6 Å². The van der Waals surface area contributed by atoms with Gasteiger partial charge in [-0.05, 0) is 19.3 Å². The molecule has 13 heavy (non-hydrogen) atoms. The average molecular weight is 205 g/mol. The monoisotopic (exact) mass is 204 g/mol. The number of ether oxygens (including phenoxy) is 1. The van der Waals surface area contributed by atoms with Gasteiger partial charge in [-0.25, -0.2) is 4.79 Å². The van der Waals surface area contributed by atoms with E-state index in [4.69, 9.17) is 11.6 Å². The first-order chi connectivity index (χ1) is 6.02. The van der Waals surface area contributed by atoms with E-state index in [1.807, 2.05) is 0 Å². The molecule has 0 aromatic heterocycles. The third-order valence-corrected chi connectivity index (χ3v) is 3.04. The molecule has 2 atom stereocenters. The molecule has 3 nitrogen and oxygen atoms in total. The Hall–Kier alpha value is -0.570. The van der Waals surface area contributed by atoms with Crippen molar-refractivity contribution in [1.82, 2.24) is 0 Å². The van der Waals surface area contributed by atoms with Gasteiger partial charge in [-0.1, -0.05) is 18.5 Å². The molecule has 0 N–H and O–H groups in total. The van der Waals surface area contributed by atoms with Gasteiger partial charge in [0.05, 0.1) is 7.11 Å². The van der Waals surface area contributed by atoms with Crippen molar-refractivity contribution in [2.24, 2.45) is 5.92 Å². The summed E-state index contributed by atoms with van der Waals surface area (Å²) in [6.07, 6.45) is 2.00. The third-order valence-electron chi connectivity index (χ3n) is 2.51. The van der Waals surface area contributed by atoms with Gasteiger partial charge in [0, 0.05) is 5.92 Å². The molecule has 0 heterocycles. The predicted octanol–water partition coefficient (Wildman–Crippen LogP) is 1.53. The second-order valence-corrected chi connectivity index (χ2v) is 4.10. The summed E-state index contributed by atoms with van der Waals surface area (Å²) in [6, 6.07) is 0. The molecular weight excluding hydrogens is 192 g/mol. The lowest BCUT2D eigenvalue weighted by Crippen LogP contribution is -2.47. The molecule has 2 unspecified atom stereocenters. The molecule has 74 valence electrons. The van der Waals surface area contributed by atoms with Gasteiger partial charge in [-0.15, -0.1) is 0 Å². The van der Waals surface area contributed by atoms with E-state index >= 15 is 0 Å². The van der Waals surface area contributed by atoms with Gasteiger partial charge >= 0.3 is 5.97 Å². The van der Waals surface area contributed by atoms with Crippen LogP contribution in [0.15, 0.2) is 0 Å². The van der Waals surface area contributed by atoms with Crippen molar-refractivity contribution in [1.29, 1.82) is 0 Å². The first kappa shape index (κ1) is 10.5. The van der Waals surface area contributed by atoms with Crippen LogP contribution in [0.25, 0.3) is 0 Å². The maximum absolute atomic E-state index is 11.6. The molecule has 0 aromatic carbocycles. The minimum atomic E-state index is -1.41. The van der Waals surface area contributed by atoms with Gasteiger partial charge in [-0.2, -0.15) is 0 Å². The first-order valence-electron chi connectivity index (χ1n) is 4.34. The van der Waals surface area contributed by atoms with Crippen LogP contribution in [0, 0.1) is 5.92 Å². The largest absolute Gasteiger partial charge is 0.467 e. The summed E-state index contributed by atoms with van der Waals surface area (Å²) in [5, 5.41) is 0. The summed E-state index contributed by atoms with van der Waals surface area (Å²) in [4.78, 5) is 21.5. The highest BCUT2D eigenvalue weighted by Crippen LogP contribution is 2.35. The van der Waals surface area contributed by atoms with E-state index in [-0.39, 0.29) is 11.7 Å². The molecule has 1 saturated carbocycles. The Morgan fingerprint density at radius 3 is 2.85 bits per heavy atom. The van der Waals surface area contributed by atoms with E-state index in [0.717, 1.165) is 12.8 Å². The number of ketones is 1. The molecule has 1 rings (SSSR count). The van der Waals surface area contributed by atoms with E-state index in [1.54, 1.807) is 6.92 Å². The highest BCUT2D eigenvalue weighted by atomic mass is 35.5. The summed E-state index contributed by atoms with van der Waals surface area (Å²) >= 11 is 5.95. The van der Waals surface area contributed by atoms with Crippen molar-refractivity contribution in [2.75, 3.05) is 7.11 Å². The smallest absolute Gasteiger partial charge is 0.334 e. The van der Waals surface area contributed by atoms with Gasteiger partial charge in [0.25, 0.3) is 0 Å². The normalized spacial score (nSPS) is 34.4. The quantitative estimate of drug-likeness (QED) is 0.370. The van der Waals surface area contributed by atoms with Gasteiger partial charge in [0.15, 0.2) is 10.7 Å². The topological polar surface area (TPSA) is 43.4 Å². The lowest BCUT2D eigenvalue weighted by Gasteiger charge is -2.30. The van der Waals surface area contributed by atoms with Crippen LogP contribution in [0.5, 0.6) is 0 Å². The van der Waals surface area contributed by atoms with Crippen LogP contribution in [-0.2, 0) is 14.3 Å². The lowest BCUT2D eigenvalue weighted by atomic mass is 9.80. The van der Waals surface area contributed by atoms with Crippen LogP contribution in [0.4, 0.5) is 0 Å².